The molecule has 0 spiro atoms. The van der Waals surface area contributed by atoms with Gasteiger partial charge in [-0.1, -0.05) is 63.9 Å². The first-order valence-corrected chi connectivity index (χ1v) is 14.1. The number of carbonyl (C=O) groups is 3. The monoisotopic (exact) mass is 632 g/mol. The lowest BCUT2D eigenvalue weighted by atomic mass is 10.0. The molecule has 7 nitrogen and oxygen atoms in total. The van der Waals surface area contributed by atoms with Gasteiger partial charge < -0.3 is 9.47 Å². The van der Waals surface area contributed by atoms with E-state index in [1.807, 2.05) is 32.9 Å². The molecular formula is C32H26BrClN2O5. The average Bonchev–Trinajstić information content (AvgIpc) is 2.93. The van der Waals surface area contributed by atoms with E-state index < -0.39 is 17.8 Å². The van der Waals surface area contributed by atoms with Crippen LogP contribution in [0.4, 0.5) is 10.5 Å². The number of hydrogen-bond donors (Lipinski definition) is 1. The SMILES string of the molecule is CCOc1cc(/C=C2/C(=O)NC(=O)N(c3ccc(Br)c(C)c3)C2=O)cc(Cl)c1OCc1c(C)ccc2ccccc12. The number of rotatable bonds is 7. The van der Waals surface area contributed by atoms with E-state index in [2.05, 4.69) is 45.5 Å². The molecule has 0 radical (unpaired) electrons. The molecule has 4 aromatic carbocycles. The summed E-state index contributed by atoms with van der Waals surface area (Å²) < 4.78 is 12.9. The maximum Gasteiger partial charge on any atom is 0.335 e. The molecule has 5 rings (SSSR count). The Bertz CT molecular complexity index is 1750. The molecule has 1 aliphatic heterocycles. The lowest BCUT2D eigenvalue weighted by Gasteiger charge is -2.26. The van der Waals surface area contributed by atoms with Crippen molar-refractivity contribution in [1.29, 1.82) is 0 Å². The van der Waals surface area contributed by atoms with E-state index in [-0.39, 0.29) is 17.2 Å². The molecule has 1 fully saturated rings. The molecule has 0 aromatic heterocycles. The van der Waals surface area contributed by atoms with Crippen LogP contribution in [-0.4, -0.2) is 24.5 Å². The Morgan fingerprint density at radius 2 is 1.73 bits per heavy atom. The van der Waals surface area contributed by atoms with Gasteiger partial charge in [0.2, 0.25) is 0 Å². The molecule has 0 atom stereocenters. The van der Waals surface area contributed by atoms with Crippen molar-refractivity contribution in [3.05, 3.63) is 104 Å². The van der Waals surface area contributed by atoms with Crippen molar-refractivity contribution in [2.75, 3.05) is 11.5 Å². The molecule has 9 heteroatoms. The molecule has 1 aliphatic rings. The quantitative estimate of drug-likeness (QED) is 0.168. The van der Waals surface area contributed by atoms with Crippen molar-refractivity contribution in [2.45, 2.75) is 27.4 Å². The van der Waals surface area contributed by atoms with Crippen LogP contribution in [0.3, 0.4) is 0 Å². The van der Waals surface area contributed by atoms with Crippen molar-refractivity contribution in [3.63, 3.8) is 0 Å². The number of amides is 4. The minimum Gasteiger partial charge on any atom is -0.490 e. The van der Waals surface area contributed by atoms with Crippen molar-refractivity contribution >= 4 is 67.9 Å². The first kappa shape index (κ1) is 28.4. The largest absolute Gasteiger partial charge is 0.490 e. The van der Waals surface area contributed by atoms with Gasteiger partial charge in [0.05, 0.1) is 17.3 Å². The van der Waals surface area contributed by atoms with E-state index in [9.17, 15) is 14.4 Å². The zero-order valence-electron chi connectivity index (χ0n) is 22.6. The Morgan fingerprint density at radius 3 is 2.49 bits per heavy atom. The number of carbonyl (C=O) groups excluding carboxylic acids is 3. The minimum absolute atomic E-state index is 0.219. The third-order valence-electron chi connectivity index (χ3n) is 6.78. The van der Waals surface area contributed by atoms with Crippen LogP contribution in [0.1, 0.15) is 29.2 Å². The number of halogens is 2. The molecule has 1 saturated heterocycles. The van der Waals surface area contributed by atoms with Crippen LogP contribution in [0.5, 0.6) is 11.5 Å². The first-order valence-electron chi connectivity index (χ1n) is 12.9. The number of ether oxygens (including phenoxy) is 2. The Kier molecular flexibility index (Phi) is 8.15. The fourth-order valence-corrected chi connectivity index (χ4v) is 5.20. The topological polar surface area (TPSA) is 84.9 Å². The predicted octanol–water partition coefficient (Wildman–Crippen LogP) is 7.52. The Balaban J connectivity index is 1.48. The molecule has 1 N–H and O–H groups in total. The van der Waals surface area contributed by atoms with Crippen molar-refractivity contribution in [3.8, 4) is 11.5 Å². The maximum absolute atomic E-state index is 13.4. The molecule has 0 aliphatic carbocycles. The second-order valence-electron chi connectivity index (χ2n) is 9.53. The number of imide groups is 2. The Morgan fingerprint density at radius 1 is 0.951 bits per heavy atom. The molecule has 0 unspecified atom stereocenters. The van der Waals surface area contributed by atoms with Crippen molar-refractivity contribution in [2.24, 2.45) is 0 Å². The molecule has 208 valence electrons. The van der Waals surface area contributed by atoms with Gasteiger partial charge in [-0.3, -0.25) is 14.9 Å². The highest BCUT2D eigenvalue weighted by atomic mass is 79.9. The summed E-state index contributed by atoms with van der Waals surface area (Å²) in [5.74, 6) is -0.832. The lowest BCUT2D eigenvalue weighted by molar-refractivity contribution is -0.122. The summed E-state index contributed by atoms with van der Waals surface area (Å²) in [6.07, 6.45) is 1.38. The number of benzene rings is 4. The van der Waals surface area contributed by atoms with Gasteiger partial charge in [-0.05, 0) is 84.6 Å². The van der Waals surface area contributed by atoms with Gasteiger partial charge in [0, 0.05) is 10.0 Å². The van der Waals surface area contributed by atoms with E-state index >= 15 is 0 Å². The highest BCUT2D eigenvalue weighted by molar-refractivity contribution is 9.10. The fraction of sp³-hybridized carbons (Fsp3) is 0.156. The van der Waals surface area contributed by atoms with Gasteiger partial charge in [0.25, 0.3) is 11.8 Å². The second kappa shape index (κ2) is 11.8. The van der Waals surface area contributed by atoms with Crippen LogP contribution in [-0.2, 0) is 16.2 Å². The predicted molar refractivity (Wildman–Crippen MR) is 164 cm³/mol. The molecule has 1 heterocycles. The summed E-state index contributed by atoms with van der Waals surface area (Å²) in [6, 6.07) is 19.7. The standard InChI is InChI=1S/C32H26BrClN2O5/c1-4-40-28-16-20(14-24-30(37)35-32(39)36(31(24)38)22-11-12-26(33)19(3)13-22)15-27(34)29(28)41-17-25-18(2)9-10-21-7-5-6-8-23(21)25/h5-16H,4,17H2,1-3H3,(H,35,37,39)/b24-14-. The lowest BCUT2D eigenvalue weighted by Crippen LogP contribution is -2.54. The second-order valence-corrected chi connectivity index (χ2v) is 10.8. The van der Waals surface area contributed by atoms with Crippen LogP contribution >= 0.6 is 27.5 Å². The van der Waals surface area contributed by atoms with Gasteiger partial charge in [-0.2, -0.15) is 0 Å². The van der Waals surface area contributed by atoms with Gasteiger partial charge in [0.15, 0.2) is 11.5 Å². The number of nitrogens with one attached hydrogen (secondary N) is 1. The van der Waals surface area contributed by atoms with Crippen LogP contribution in [0.15, 0.2) is 76.8 Å². The molecule has 0 saturated carbocycles. The zero-order valence-corrected chi connectivity index (χ0v) is 24.9. The van der Waals surface area contributed by atoms with Gasteiger partial charge in [0.1, 0.15) is 12.2 Å². The fourth-order valence-electron chi connectivity index (χ4n) is 4.68. The van der Waals surface area contributed by atoms with E-state index in [4.69, 9.17) is 21.1 Å². The van der Waals surface area contributed by atoms with Crippen molar-refractivity contribution in [1.82, 2.24) is 5.32 Å². The number of hydrogen-bond acceptors (Lipinski definition) is 5. The van der Waals surface area contributed by atoms with E-state index in [1.54, 1.807) is 30.3 Å². The van der Waals surface area contributed by atoms with E-state index in [1.165, 1.54) is 6.08 Å². The molecule has 4 aromatic rings. The molecule has 0 bridgehead atoms. The number of fused-ring (bicyclic) bond motifs is 1. The summed E-state index contributed by atoms with van der Waals surface area (Å²) in [5, 5.41) is 4.69. The Hall–Kier alpha value is -4.14. The van der Waals surface area contributed by atoms with Crippen LogP contribution in [0.25, 0.3) is 16.8 Å². The number of barbiturate groups is 1. The van der Waals surface area contributed by atoms with Gasteiger partial charge in [-0.15, -0.1) is 0 Å². The normalized spacial score (nSPS) is 14.5. The summed E-state index contributed by atoms with van der Waals surface area (Å²) in [6.45, 7) is 6.30. The first-order chi connectivity index (χ1) is 19.7. The van der Waals surface area contributed by atoms with E-state index in [0.29, 0.717) is 29.4 Å². The van der Waals surface area contributed by atoms with Gasteiger partial charge >= 0.3 is 6.03 Å². The summed E-state index contributed by atoms with van der Waals surface area (Å²) in [7, 11) is 0. The number of aryl methyl sites for hydroxylation is 2. The third kappa shape index (κ3) is 5.71. The third-order valence-corrected chi connectivity index (χ3v) is 7.95. The highest BCUT2D eigenvalue weighted by Crippen LogP contribution is 2.39. The number of anilines is 1. The molecule has 4 amide bonds. The summed E-state index contributed by atoms with van der Waals surface area (Å²) >= 11 is 10.1. The van der Waals surface area contributed by atoms with Crippen LogP contribution in [0.2, 0.25) is 5.02 Å². The average molecular weight is 634 g/mol. The molecular weight excluding hydrogens is 608 g/mol. The van der Waals surface area contributed by atoms with Crippen molar-refractivity contribution < 1.29 is 23.9 Å². The zero-order chi connectivity index (χ0) is 29.3. The highest BCUT2D eigenvalue weighted by Gasteiger charge is 2.37. The molecule has 41 heavy (non-hydrogen) atoms. The van der Waals surface area contributed by atoms with E-state index in [0.717, 1.165) is 36.8 Å². The van der Waals surface area contributed by atoms with Gasteiger partial charge in [-0.25, -0.2) is 9.69 Å². The van der Waals surface area contributed by atoms with Crippen LogP contribution in [0, 0.1) is 13.8 Å². The number of urea groups is 1. The Labute approximate surface area is 250 Å². The number of nitrogens with zero attached hydrogens (tertiary/aromatic N) is 1. The smallest absolute Gasteiger partial charge is 0.335 e. The maximum atomic E-state index is 13.4. The minimum atomic E-state index is -0.820. The summed E-state index contributed by atoms with van der Waals surface area (Å²) in [4.78, 5) is 39.7. The van der Waals surface area contributed by atoms with Crippen LogP contribution < -0.4 is 19.7 Å². The summed E-state index contributed by atoms with van der Waals surface area (Å²) in [5.41, 5.74) is 3.50.